The van der Waals surface area contributed by atoms with E-state index in [1.54, 1.807) is 0 Å². The van der Waals surface area contributed by atoms with E-state index < -0.39 is 0 Å². The van der Waals surface area contributed by atoms with Crippen LogP contribution in [0.25, 0.3) is 76.7 Å². The van der Waals surface area contributed by atoms with Crippen molar-refractivity contribution < 1.29 is 20.1 Å². The van der Waals surface area contributed by atoms with Gasteiger partial charge in [0.2, 0.25) is 0 Å². The fraction of sp³-hybridized carbons (Fsp3) is 0.200. The monoisotopic (exact) mass is 929 g/mol. The van der Waals surface area contributed by atoms with Gasteiger partial charge in [-0.05, 0) is 94.5 Å². The number of rotatable bonds is 2. The summed E-state index contributed by atoms with van der Waals surface area (Å²) in [5.41, 5.74) is 12.2. The maximum atomic E-state index is 5.03. The molecule has 0 bridgehead atoms. The quantitative estimate of drug-likeness (QED) is 0.128. The molecule has 0 amide bonds. The standard InChI is InChI=1S/C36H24N.C19H24N.Ir/c1-36(2)33-25-11-6-4-9-23(25)15-17-30(33)31-20-21-37-35(34(31)36)32-13-7-12-26-28-16-14-22-8-3-5-10-24(22)27(28)18-19-29(26)32;1-18(2,3)15-9-7-8-14(12-15)17-13-16(10-11-20-17)19(4,5)6;/h3-12,14-21H,1-2H3;7,9-13H,1-6H3;/q2*-1;. The first-order valence-corrected chi connectivity index (χ1v) is 20.1. The Kier molecular flexibility index (Phi) is 9.99. The van der Waals surface area contributed by atoms with Crippen molar-refractivity contribution in [1.29, 1.82) is 0 Å². The third kappa shape index (κ3) is 6.75. The number of fused-ring (bicyclic) bond motifs is 10. The summed E-state index contributed by atoms with van der Waals surface area (Å²) in [6.07, 6.45) is 3.86. The van der Waals surface area contributed by atoms with E-state index in [-0.39, 0.29) is 36.4 Å². The third-order valence-corrected chi connectivity index (χ3v) is 11.9. The first kappa shape index (κ1) is 39.4. The SMILES string of the molecule is CC(C)(C)c1cc[c-]c(-c2cc(C(C)(C)C)ccn2)c1.CC1(C)c2c(ccnc2-c2[c-]ccc3c2ccc2c4ccccc4ccc32)-c2ccc3ccccc3c21.[Ir]. The Morgan fingerprint density at radius 3 is 1.81 bits per heavy atom. The van der Waals surface area contributed by atoms with E-state index in [4.69, 9.17) is 4.98 Å². The molecule has 3 heteroatoms. The van der Waals surface area contributed by atoms with Crippen molar-refractivity contribution in [2.24, 2.45) is 0 Å². The van der Waals surface area contributed by atoms with Crippen LogP contribution >= 0.6 is 0 Å². The second-order valence-electron chi connectivity index (χ2n) is 18.1. The van der Waals surface area contributed by atoms with E-state index in [2.05, 4.69) is 200 Å². The molecule has 0 unspecified atom stereocenters. The molecule has 2 aromatic heterocycles. The van der Waals surface area contributed by atoms with Crippen LogP contribution in [0, 0.1) is 12.1 Å². The second-order valence-corrected chi connectivity index (χ2v) is 18.1. The fourth-order valence-electron chi connectivity index (χ4n) is 8.92. The summed E-state index contributed by atoms with van der Waals surface area (Å²) in [7, 11) is 0. The van der Waals surface area contributed by atoms with Crippen LogP contribution in [0.5, 0.6) is 0 Å². The Morgan fingerprint density at radius 1 is 0.483 bits per heavy atom. The van der Waals surface area contributed by atoms with Crippen molar-refractivity contribution in [1.82, 2.24) is 9.97 Å². The first-order chi connectivity index (χ1) is 27.3. The topological polar surface area (TPSA) is 25.8 Å². The van der Waals surface area contributed by atoms with Gasteiger partial charge in [-0.2, -0.15) is 0 Å². The molecule has 0 saturated carbocycles. The summed E-state index contributed by atoms with van der Waals surface area (Å²) < 4.78 is 0. The van der Waals surface area contributed by atoms with Gasteiger partial charge in [0.15, 0.2) is 0 Å². The zero-order valence-corrected chi connectivity index (χ0v) is 37.0. The summed E-state index contributed by atoms with van der Waals surface area (Å²) in [4.78, 5) is 9.54. The van der Waals surface area contributed by atoms with Crippen LogP contribution in [0.4, 0.5) is 0 Å². The molecular formula is C55H48IrN2-2. The Morgan fingerprint density at radius 2 is 1.05 bits per heavy atom. The molecule has 1 aliphatic rings. The van der Waals surface area contributed by atoms with Gasteiger partial charge in [-0.25, -0.2) is 0 Å². The van der Waals surface area contributed by atoms with E-state index in [9.17, 15) is 0 Å². The van der Waals surface area contributed by atoms with E-state index in [0.29, 0.717) is 0 Å². The van der Waals surface area contributed by atoms with Gasteiger partial charge in [0.25, 0.3) is 0 Å². The van der Waals surface area contributed by atoms with Gasteiger partial charge in [-0.1, -0.05) is 157 Å². The Balaban J connectivity index is 0.000000191. The van der Waals surface area contributed by atoms with Gasteiger partial charge in [-0.15, -0.1) is 59.2 Å². The van der Waals surface area contributed by atoms with E-state index >= 15 is 0 Å². The van der Waals surface area contributed by atoms with E-state index in [0.717, 1.165) is 22.5 Å². The van der Waals surface area contributed by atoms with Crippen LogP contribution in [0.1, 0.15) is 77.6 Å². The van der Waals surface area contributed by atoms with Crippen LogP contribution in [0.2, 0.25) is 0 Å². The minimum absolute atomic E-state index is 0. The molecule has 2 heterocycles. The number of aromatic nitrogens is 2. The Labute approximate surface area is 356 Å². The minimum atomic E-state index is -0.182. The zero-order chi connectivity index (χ0) is 39.7. The second kappa shape index (κ2) is 14.7. The maximum Gasteiger partial charge on any atom is 0.0167 e. The van der Waals surface area contributed by atoms with Crippen LogP contribution in [-0.4, -0.2) is 9.97 Å². The van der Waals surface area contributed by atoms with Crippen molar-refractivity contribution in [2.75, 3.05) is 0 Å². The van der Waals surface area contributed by atoms with Crippen molar-refractivity contribution in [2.45, 2.75) is 71.6 Å². The molecule has 58 heavy (non-hydrogen) atoms. The summed E-state index contributed by atoms with van der Waals surface area (Å²) in [5, 5.41) is 10.2. The molecule has 0 saturated heterocycles. The summed E-state index contributed by atoms with van der Waals surface area (Å²) >= 11 is 0. The van der Waals surface area contributed by atoms with Crippen molar-refractivity contribution in [3.63, 3.8) is 0 Å². The molecule has 0 N–H and O–H groups in total. The van der Waals surface area contributed by atoms with Gasteiger partial charge >= 0.3 is 0 Å². The van der Waals surface area contributed by atoms with Crippen LogP contribution in [0.3, 0.4) is 0 Å². The molecule has 1 radical (unpaired) electrons. The molecule has 10 rings (SSSR count). The largest absolute Gasteiger partial charge is 0.305 e. The van der Waals surface area contributed by atoms with Crippen LogP contribution < -0.4 is 0 Å². The molecule has 9 aromatic rings. The van der Waals surface area contributed by atoms with E-state index in [1.807, 2.05) is 18.5 Å². The summed E-state index contributed by atoms with van der Waals surface area (Å²) in [5.74, 6) is 0. The molecule has 0 atom stereocenters. The number of pyridine rings is 2. The minimum Gasteiger partial charge on any atom is -0.305 e. The van der Waals surface area contributed by atoms with Crippen molar-refractivity contribution in [3.8, 4) is 33.6 Å². The van der Waals surface area contributed by atoms with Gasteiger partial charge < -0.3 is 9.97 Å². The van der Waals surface area contributed by atoms with Crippen LogP contribution in [-0.2, 0) is 36.4 Å². The zero-order valence-electron chi connectivity index (χ0n) is 34.6. The van der Waals surface area contributed by atoms with Crippen molar-refractivity contribution in [3.05, 3.63) is 180 Å². The molecule has 289 valence electrons. The van der Waals surface area contributed by atoms with Gasteiger partial charge in [-0.3, -0.25) is 0 Å². The molecule has 0 spiro atoms. The Bertz CT molecular complexity index is 2960. The molecule has 0 aliphatic heterocycles. The third-order valence-electron chi connectivity index (χ3n) is 11.9. The molecule has 1 aliphatic carbocycles. The maximum absolute atomic E-state index is 5.03. The van der Waals surface area contributed by atoms with Gasteiger partial charge in [0, 0.05) is 37.9 Å². The molecule has 0 fully saturated rings. The predicted octanol–water partition coefficient (Wildman–Crippen LogP) is 14.6. The van der Waals surface area contributed by atoms with Crippen molar-refractivity contribution >= 4 is 43.1 Å². The number of hydrogen-bond acceptors (Lipinski definition) is 2. The van der Waals surface area contributed by atoms with Crippen LogP contribution in [0.15, 0.2) is 146 Å². The fourth-order valence-corrected chi connectivity index (χ4v) is 8.92. The predicted molar refractivity (Wildman–Crippen MR) is 242 cm³/mol. The average Bonchev–Trinajstić information content (AvgIpc) is 3.46. The smallest absolute Gasteiger partial charge is 0.0167 e. The Hall–Kier alpha value is -5.47. The average molecular weight is 929 g/mol. The van der Waals surface area contributed by atoms with Gasteiger partial charge in [0.1, 0.15) is 0 Å². The van der Waals surface area contributed by atoms with Gasteiger partial charge in [0.05, 0.1) is 0 Å². The number of hydrogen-bond donors (Lipinski definition) is 0. The first-order valence-electron chi connectivity index (χ1n) is 20.1. The van der Waals surface area contributed by atoms with E-state index in [1.165, 1.54) is 76.5 Å². The summed E-state index contributed by atoms with van der Waals surface area (Å²) in [6.45, 7) is 18.1. The molecule has 2 nitrogen and oxygen atoms in total. The molecule has 7 aromatic carbocycles. The number of benzene rings is 7. The number of nitrogens with zero attached hydrogens (tertiary/aromatic N) is 2. The summed E-state index contributed by atoms with van der Waals surface area (Å²) in [6, 6.07) is 54.9. The molecular weight excluding hydrogens is 881 g/mol. The normalized spacial score (nSPS) is 13.2.